The number of rotatable bonds is 3. The number of hydrogen-bond acceptors (Lipinski definition) is 4. The summed E-state index contributed by atoms with van der Waals surface area (Å²) in [5, 5.41) is 2.72. The standard InChI is InChI=1S/C11H13N5O/c1-16-6-5-13-9(16)7-15-11(17)10-8(12)3-2-4-14-10/h2-6H,7,12H2,1H3,(H,15,17). The Balaban J connectivity index is 2.04. The summed E-state index contributed by atoms with van der Waals surface area (Å²) in [6, 6.07) is 3.33. The molecule has 0 bridgehead atoms. The zero-order chi connectivity index (χ0) is 12.3. The van der Waals surface area contributed by atoms with Crippen molar-refractivity contribution in [3.8, 4) is 0 Å². The number of aromatic nitrogens is 3. The fourth-order valence-corrected chi connectivity index (χ4v) is 1.42. The third-order valence-corrected chi connectivity index (χ3v) is 2.38. The Morgan fingerprint density at radius 1 is 1.47 bits per heavy atom. The van der Waals surface area contributed by atoms with E-state index in [2.05, 4.69) is 15.3 Å². The van der Waals surface area contributed by atoms with Gasteiger partial charge in [0.1, 0.15) is 5.82 Å². The number of imidazole rings is 1. The molecule has 2 aromatic rings. The monoisotopic (exact) mass is 231 g/mol. The molecular formula is C11H13N5O. The molecule has 0 atom stereocenters. The van der Waals surface area contributed by atoms with Crippen LogP contribution in [-0.2, 0) is 13.6 Å². The van der Waals surface area contributed by atoms with Crippen LogP contribution in [-0.4, -0.2) is 20.4 Å². The van der Waals surface area contributed by atoms with Gasteiger partial charge in [-0.15, -0.1) is 0 Å². The number of amides is 1. The normalized spacial score (nSPS) is 10.2. The first-order valence-electron chi connectivity index (χ1n) is 5.13. The lowest BCUT2D eigenvalue weighted by molar-refractivity contribution is 0.0945. The molecule has 0 spiro atoms. The van der Waals surface area contributed by atoms with Gasteiger partial charge in [-0.05, 0) is 12.1 Å². The molecule has 3 N–H and O–H groups in total. The van der Waals surface area contributed by atoms with Gasteiger partial charge in [0.2, 0.25) is 0 Å². The quantitative estimate of drug-likeness (QED) is 0.797. The van der Waals surface area contributed by atoms with Crippen molar-refractivity contribution in [2.45, 2.75) is 6.54 Å². The number of carbonyl (C=O) groups is 1. The minimum Gasteiger partial charge on any atom is -0.397 e. The van der Waals surface area contributed by atoms with E-state index in [1.165, 1.54) is 6.20 Å². The Hall–Kier alpha value is -2.37. The number of nitrogens with two attached hydrogens (primary N) is 1. The Kier molecular flexibility index (Phi) is 3.04. The lowest BCUT2D eigenvalue weighted by Gasteiger charge is -2.06. The van der Waals surface area contributed by atoms with E-state index in [-0.39, 0.29) is 11.6 Å². The molecule has 0 fully saturated rings. The van der Waals surface area contributed by atoms with E-state index < -0.39 is 0 Å². The maximum atomic E-state index is 11.8. The maximum Gasteiger partial charge on any atom is 0.272 e. The third-order valence-electron chi connectivity index (χ3n) is 2.38. The van der Waals surface area contributed by atoms with Crippen LogP contribution < -0.4 is 11.1 Å². The van der Waals surface area contributed by atoms with Crippen molar-refractivity contribution >= 4 is 11.6 Å². The number of pyridine rings is 1. The predicted molar refractivity (Wildman–Crippen MR) is 63.0 cm³/mol. The van der Waals surface area contributed by atoms with E-state index >= 15 is 0 Å². The number of hydrogen-bond donors (Lipinski definition) is 2. The van der Waals surface area contributed by atoms with Crippen LogP contribution in [0.1, 0.15) is 16.3 Å². The van der Waals surface area contributed by atoms with Gasteiger partial charge in [-0.25, -0.2) is 9.97 Å². The molecule has 2 heterocycles. The van der Waals surface area contributed by atoms with Gasteiger partial charge < -0.3 is 15.6 Å². The van der Waals surface area contributed by atoms with Crippen molar-refractivity contribution in [1.82, 2.24) is 19.9 Å². The van der Waals surface area contributed by atoms with Crippen molar-refractivity contribution in [3.05, 3.63) is 42.2 Å². The molecule has 0 aliphatic carbocycles. The summed E-state index contributed by atoms with van der Waals surface area (Å²) >= 11 is 0. The molecular weight excluding hydrogens is 218 g/mol. The third kappa shape index (κ3) is 2.41. The van der Waals surface area contributed by atoms with Crippen molar-refractivity contribution in [3.63, 3.8) is 0 Å². The minimum atomic E-state index is -0.300. The Labute approximate surface area is 98.5 Å². The van der Waals surface area contributed by atoms with Gasteiger partial charge in [0.25, 0.3) is 5.91 Å². The zero-order valence-electron chi connectivity index (χ0n) is 9.42. The molecule has 6 heteroatoms. The number of nitrogens with zero attached hydrogens (tertiary/aromatic N) is 3. The van der Waals surface area contributed by atoms with Crippen LogP contribution in [0.4, 0.5) is 5.69 Å². The summed E-state index contributed by atoms with van der Waals surface area (Å²) in [5.74, 6) is 0.471. The van der Waals surface area contributed by atoms with Crippen molar-refractivity contribution in [1.29, 1.82) is 0 Å². The van der Waals surface area contributed by atoms with Crippen LogP contribution in [0.3, 0.4) is 0 Å². The van der Waals surface area contributed by atoms with E-state index in [0.717, 1.165) is 5.82 Å². The number of aryl methyl sites for hydroxylation is 1. The number of nitrogens with one attached hydrogen (secondary N) is 1. The molecule has 6 nitrogen and oxygen atoms in total. The minimum absolute atomic E-state index is 0.238. The molecule has 2 aromatic heterocycles. The predicted octanol–water partition coefficient (Wildman–Crippen LogP) is 0.327. The molecule has 88 valence electrons. The molecule has 2 rings (SSSR count). The van der Waals surface area contributed by atoms with Crippen LogP contribution in [0.25, 0.3) is 0 Å². The molecule has 0 aromatic carbocycles. The molecule has 1 amide bonds. The highest BCUT2D eigenvalue weighted by Gasteiger charge is 2.10. The second-order valence-electron chi connectivity index (χ2n) is 3.58. The molecule has 0 saturated heterocycles. The second-order valence-corrected chi connectivity index (χ2v) is 3.58. The van der Waals surface area contributed by atoms with Gasteiger partial charge in [-0.1, -0.05) is 0 Å². The summed E-state index contributed by atoms with van der Waals surface area (Å²) in [7, 11) is 1.86. The molecule has 0 aliphatic rings. The zero-order valence-corrected chi connectivity index (χ0v) is 9.42. The molecule has 0 aliphatic heterocycles. The fraction of sp³-hybridized carbons (Fsp3) is 0.182. The van der Waals surface area contributed by atoms with E-state index in [0.29, 0.717) is 12.2 Å². The second kappa shape index (κ2) is 4.65. The molecule has 0 unspecified atom stereocenters. The smallest absolute Gasteiger partial charge is 0.272 e. The van der Waals surface area contributed by atoms with Gasteiger partial charge in [0, 0.05) is 25.6 Å². The highest BCUT2D eigenvalue weighted by Crippen LogP contribution is 2.06. The van der Waals surface area contributed by atoms with Crippen LogP contribution in [0.5, 0.6) is 0 Å². The van der Waals surface area contributed by atoms with Gasteiger partial charge in [0.15, 0.2) is 5.69 Å². The topological polar surface area (TPSA) is 85.8 Å². The highest BCUT2D eigenvalue weighted by atomic mass is 16.1. The molecule has 17 heavy (non-hydrogen) atoms. The van der Waals surface area contributed by atoms with E-state index in [4.69, 9.17) is 5.73 Å². The van der Waals surface area contributed by atoms with Crippen LogP contribution >= 0.6 is 0 Å². The number of carbonyl (C=O) groups excluding carboxylic acids is 1. The lowest BCUT2D eigenvalue weighted by atomic mass is 10.3. The van der Waals surface area contributed by atoms with Gasteiger partial charge in [-0.3, -0.25) is 4.79 Å². The number of anilines is 1. The summed E-state index contributed by atoms with van der Waals surface area (Å²) in [6.07, 6.45) is 5.03. The van der Waals surface area contributed by atoms with Crippen LogP contribution in [0.2, 0.25) is 0 Å². The largest absolute Gasteiger partial charge is 0.397 e. The summed E-state index contributed by atoms with van der Waals surface area (Å²) in [4.78, 5) is 19.8. The highest BCUT2D eigenvalue weighted by molar-refractivity contribution is 5.96. The summed E-state index contributed by atoms with van der Waals surface area (Å²) in [6.45, 7) is 0.346. The van der Waals surface area contributed by atoms with Crippen molar-refractivity contribution in [2.75, 3.05) is 5.73 Å². The first-order valence-corrected chi connectivity index (χ1v) is 5.13. The summed E-state index contributed by atoms with van der Waals surface area (Å²) < 4.78 is 1.84. The van der Waals surface area contributed by atoms with Crippen molar-refractivity contribution in [2.24, 2.45) is 7.05 Å². The molecule has 0 radical (unpaired) electrons. The number of nitrogen functional groups attached to an aromatic ring is 1. The van der Waals surface area contributed by atoms with E-state index in [9.17, 15) is 4.79 Å². The first-order chi connectivity index (χ1) is 8.18. The maximum absolute atomic E-state index is 11.8. The van der Waals surface area contributed by atoms with Gasteiger partial charge in [-0.2, -0.15) is 0 Å². The average Bonchev–Trinajstić information content (AvgIpc) is 2.72. The van der Waals surface area contributed by atoms with Crippen molar-refractivity contribution < 1.29 is 4.79 Å². The van der Waals surface area contributed by atoms with E-state index in [1.807, 2.05) is 17.8 Å². The average molecular weight is 231 g/mol. The Morgan fingerprint density at radius 2 is 2.29 bits per heavy atom. The lowest BCUT2D eigenvalue weighted by Crippen LogP contribution is -2.26. The van der Waals surface area contributed by atoms with Gasteiger partial charge >= 0.3 is 0 Å². The Bertz CT molecular complexity index is 534. The van der Waals surface area contributed by atoms with Crippen LogP contribution in [0.15, 0.2) is 30.7 Å². The fourth-order valence-electron chi connectivity index (χ4n) is 1.42. The van der Waals surface area contributed by atoms with Gasteiger partial charge in [0.05, 0.1) is 12.2 Å². The first kappa shape index (κ1) is 11.1. The molecule has 0 saturated carbocycles. The summed E-state index contributed by atoms with van der Waals surface area (Å²) in [5.41, 5.74) is 6.26. The van der Waals surface area contributed by atoms with E-state index in [1.54, 1.807) is 18.3 Å². The Morgan fingerprint density at radius 3 is 2.94 bits per heavy atom. The SMILES string of the molecule is Cn1ccnc1CNC(=O)c1ncccc1N. The van der Waals surface area contributed by atoms with Crippen LogP contribution in [0, 0.1) is 0 Å².